The predicted octanol–water partition coefficient (Wildman–Crippen LogP) is 3.87. The van der Waals surface area contributed by atoms with Crippen LogP contribution in [0.3, 0.4) is 0 Å². The molecule has 0 saturated heterocycles. The third-order valence-corrected chi connectivity index (χ3v) is 3.90. The first kappa shape index (κ1) is 8.88. The lowest BCUT2D eigenvalue weighted by atomic mass is 10.4. The van der Waals surface area contributed by atoms with Gasteiger partial charge in [0, 0.05) is 0 Å². The molecule has 3 heterocycles. The number of aromatic nitrogens is 2. The number of aromatic amines is 1. The summed E-state index contributed by atoms with van der Waals surface area (Å²) in [5.41, 5.74) is 1.09. The van der Waals surface area contributed by atoms with Gasteiger partial charge in [0.1, 0.15) is 5.82 Å². The van der Waals surface area contributed by atoms with Crippen molar-refractivity contribution in [3.63, 3.8) is 0 Å². The molecule has 0 amide bonds. The maximum Gasteiger partial charge on any atom is 0.147 e. The largest absolute Gasteiger partial charge is 0.337 e. The van der Waals surface area contributed by atoms with E-state index in [0.29, 0.717) is 0 Å². The predicted molar refractivity (Wildman–Crippen MR) is 65.2 cm³/mol. The molecule has 0 fully saturated rings. The average molecular weight is 232 g/mol. The summed E-state index contributed by atoms with van der Waals surface area (Å²) in [5, 5.41) is 4.13. The molecule has 0 saturated carbocycles. The van der Waals surface area contributed by atoms with Crippen LogP contribution in [0.2, 0.25) is 0 Å². The highest BCUT2D eigenvalue weighted by atomic mass is 32.1. The van der Waals surface area contributed by atoms with Gasteiger partial charge in [-0.2, -0.15) is 0 Å². The van der Waals surface area contributed by atoms with Crippen LogP contribution in [0.1, 0.15) is 0 Å². The van der Waals surface area contributed by atoms with Gasteiger partial charge in [-0.1, -0.05) is 12.1 Å². The highest BCUT2D eigenvalue weighted by molar-refractivity contribution is 7.13. The van der Waals surface area contributed by atoms with E-state index < -0.39 is 0 Å². The van der Waals surface area contributed by atoms with Crippen molar-refractivity contribution in [1.29, 1.82) is 0 Å². The van der Waals surface area contributed by atoms with Crippen molar-refractivity contribution in [2.24, 2.45) is 0 Å². The molecule has 0 unspecified atom stereocenters. The molecular formula is C11H8N2S2. The van der Waals surface area contributed by atoms with Crippen LogP contribution in [-0.4, -0.2) is 9.97 Å². The first-order chi connectivity index (χ1) is 7.43. The highest BCUT2D eigenvalue weighted by Crippen LogP contribution is 2.27. The molecule has 0 aromatic carbocycles. The topological polar surface area (TPSA) is 28.7 Å². The van der Waals surface area contributed by atoms with Crippen molar-refractivity contribution in [1.82, 2.24) is 9.97 Å². The fourth-order valence-electron chi connectivity index (χ4n) is 1.42. The lowest BCUT2D eigenvalue weighted by Crippen LogP contribution is -1.74. The molecule has 0 aliphatic carbocycles. The second-order valence-corrected chi connectivity index (χ2v) is 5.00. The fraction of sp³-hybridized carbons (Fsp3) is 0. The molecule has 1 N–H and O–H groups in total. The van der Waals surface area contributed by atoms with Crippen LogP contribution in [0.5, 0.6) is 0 Å². The molecule has 3 aromatic rings. The summed E-state index contributed by atoms with van der Waals surface area (Å²) in [5.74, 6) is 0.952. The van der Waals surface area contributed by atoms with Crippen molar-refractivity contribution in [3.8, 4) is 21.3 Å². The number of rotatable bonds is 2. The molecule has 0 radical (unpaired) electrons. The Morgan fingerprint density at radius 2 is 1.73 bits per heavy atom. The van der Waals surface area contributed by atoms with E-state index in [9.17, 15) is 0 Å². The minimum absolute atomic E-state index is 0.952. The molecule has 3 aromatic heterocycles. The molecule has 74 valence electrons. The van der Waals surface area contributed by atoms with Crippen molar-refractivity contribution in [3.05, 3.63) is 41.2 Å². The summed E-state index contributed by atoms with van der Waals surface area (Å²) in [4.78, 5) is 10.1. The van der Waals surface area contributed by atoms with E-state index in [1.54, 1.807) is 22.7 Å². The van der Waals surface area contributed by atoms with Gasteiger partial charge in [-0.05, 0) is 22.9 Å². The molecule has 0 spiro atoms. The molecule has 0 atom stereocenters. The Morgan fingerprint density at radius 1 is 1.00 bits per heavy atom. The minimum Gasteiger partial charge on any atom is -0.337 e. The first-order valence-corrected chi connectivity index (χ1v) is 6.32. The summed E-state index contributed by atoms with van der Waals surface area (Å²) < 4.78 is 0. The van der Waals surface area contributed by atoms with Gasteiger partial charge in [-0.25, -0.2) is 4.98 Å². The van der Waals surface area contributed by atoms with Crippen LogP contribution in [0.25, 0.3) is 21.3 Å². The second-order valence-electron chi connectivity index (χ2n) is 3.10. The first-order valence-electron chi connectivity index (χ1n) is 4.56. The summed E-state index contributed by atoms with van der Waals surface area (Å²) in [6.07, 6.45) is 1.89. The van der Waals surface area contributed by atoms with Crippen LogP contribution < -0.4 is 0 Å². The Bertz CT molecular complexity index is 486. The van der Waals surface area contributed by atoms with Gasteiger partial charge in [0.05, 0.1) is 21.6 Å². The average Bonchev–Trinajstić information content (AvgIpc) is 3.02. The van der Waals surface area contributed by atoms with Crippen LogP contribution in [0, 0.1) is 0 Å². The van der Waals surface area contributed by atoms with Crippen LogP contribution in [-0.2, 0) is 0 Å². The number of imidazole rings is 1. The standard InChI is InChI=1S/C11H8N2S2/c1-3-9(14-5-1)8-7-12-11(13-8)10-4-2-6-15-10/h1-7H,(H,12,13). The van der Waals surface area contributed by atoms with Crippen LogP contribution in [0.15, 0.2) is 41.2 Å². The van der Waals surface area contributed by atoms with Gasteiger partial charge in [0.25, 0.3) is 0 Å². The van der Waals surface area contributed by atoms with Crippen LogP contribution >= 0.6 is 22.7 Å². The summed E-state index contributed by atoms with van der Waals surface area (Å²) in [6, 6.07) is 8.25. The van der Waals surface area contributed by atoms with Gasteiger partial charge in [0.15, 0.2) is 0 Å². The molecule has 0 aliphatic rings. The maximum absolute atomic E-state index is 4.38. The van der Waals surface area contributed by atoms with Crippen LogP contribution in [0.4, 0.5) is 0 Å². The van der Waals surface area contributed by atoms with Crippen molar-refractivity contribution in [2.45, 2.75) is 0 Å². The molecule has 4 heteroatoms. The third-order valence-electron chi connectivity index (χ3n) is 2.12. The van der Waals surface area contributed by atoms with Gasteiger partial charge in [-0.15, -0.1) is 22.7 Å². The zero-order chi connectivity index (χ0) is 10.1. The van der Waals surface area contributed by atoms with E-state index >= 15 is 0 Å². The van der Waals surface area contributed by atoms with E-state index in [-0.39, 0.29) is 0 Å². The van der Waals surface area contributed by atoms with E-state index in [4.69, 9.17) is 0 Å². The number of nitrogens with one attached hydrogen (secondary N) is 1. The van der Waals surface area contributed by atoms with E-state index in [0.717, 1.165) is 11.5 Å². The van der Waals surface area contributed by atoms with E-state index in [2.05, 4.69) is 32.9 Å². The van der Waals surface area contributed by atoms with E-state index in [1.807, 2.05) is 18.3 Å². The second kappa shape index (κ2) is 3.64. The Labute approximate surface area is 95.3 Å². The summed E-state index contributed by atoms with van der Waals surface area (Å²) in [7, 11) is 0. The molecular weight excluding hydrogens is 224 g/mol. The van der Waals surface area contributed by atoms with Gasteiger partial charge >= 0.3 is 0 Å². The van der Waals surface area contributed by atoms with E-state index in [1.165, 1.54) is 9.75 Å². The Hall–Kier alpha value is -1.39. The number of H-pyrrole nitrogens is 1. The lowest BCUT2D eigenvalue weighted by Gasteiger charge is -1.90. The zero-order valence-corrected chi connectivity index (χ0v) is 9.44. The maximum atomic E-state index is 4.38. The van der Waals surface area contributed by atoms with Crippen molar-refractivity contribution < 1.29 is 0 Å². The molecule has 15 heavy (non-hydrogen) atoms. The smallest absolute Gasteiger partial charge is 0.147 e. The molecule has 2 nitrogen and oxygen atoms in total. The minimum atomic E-state index is 0.952. The lowest BCUT2D eigenvalue weighted by molar-refractivity contribution is 1.33. The summed E-state index contributed by atoms with van der Waals surface area (Å²) in [6.45, 7) is 0. The molecule has 0 bridgehead atoms. The third kappa shape index (κ3) is 1.62. The normalized spacial score (nSPS) is 10.7. The molecule has 3 rings (SSSR count). The SMILES string of the molecule is c1csc(-c2cnc(-c3cccs3)[nH]2)c1. The van der Waals surface area contributed by atoms with Gasteiger partial charge < -0.3 is 4.98 Å². The quantitative estimate of drug-likeness (QED) is 0.714. The fourth-order valence-corrected chi connectivity index (χ4v) is 2.78. The molecule has 0 aliphatic heterocycles. The highest BCUT2D eigenvalue weighted by Gasteiger charge is 2.05. The number of thiophene rings is 2. The summed E-state index contributed by atoms with van der Waals surface area (Å²) >= 11 is 3.42. The number of nitrogens with zero attached hydrogens (tertiary/aromatic N) is 1. The van der Waals surface area contributed by atoms with Gasteiger partial charge in [-0.3, -0.25) is 0 Å². The Morgan fingerprint density at radius 3 is 2.40 bits per heavy atom. The monoisotopic (exact) mass is 232 g/mol. The Kier molecular flexibility index (Phi) is 2.16. The Balaban J connectivity index is 2.02. The van der Waals surface area contributed by atoms with Crippen molar-refractivity contribution in [2.75, 3.05) is 0 Å². The zero-order valence-electron chi connectivity index (χ0n) is 7.81. The van der Waals surface area contributed by atoms with Crippen molar-refractivity contribution >= 4 is 22.7 Å². The number of hydrogen-bond acceptors (Lipinski definition) is 3. The number of hydrogen-bond donors (Lipinski definition) is 1. The van der Waals surface area contributed by atoms with Gasteiger partial charge in [0.2, 0.25) is 0 Å².